The molecule has 0 aromatic rings. The van der Waals surface area contributed by atoms with E-state index in [2.05, 4.69) is 0 Å². The van der Waals surface area contributed by atoms with Gasteiger partial charge in [-0.15, -0.1) is 0 Å². The Kier molecular flexibility index (Phi) is 3.42. The van der Waals surface area contributed by atoms with Crippen LogP contribution in [0.5, 0.6) is 0 Å². The molecule has 0 bridgehead atoms. The van der Waals surface area contributed by atoms with E-state index in [0.717, 1.165) is 45.3 Å². The van der Waals surface area contributed by atoms with E-state index < -0.39 is 0 Å². The number of hydrogen-bond donors (Lipinski definition) is 1. The molecule has 0 aromatic heterocycles. The van der Waals surface area contributed by atoms with Crippen LogP contribution < -0.4 is 0 Å². The third kappa shape index (κ3) is 2.51. The zero-order valence-electron chi connectivity index (χ0n) is 10.6. The topological polar surface area (TPSA) is 38.7 Å². The first-order valence-corrected chi connectivity index (χ1v) is 7.21. The molecule has 3 unspecified atom stereocenters. The Labute approximate surface area is 103 Å². The van der Waals surface area contributed by atoms with Gasteiger partial charge in [-0.25, -0.2) is 0 Å². The number of aliphatic hydroxyl groups excluding tert-OH is 1. The fourth-order valence-corrected chi connectivity index (χ4v) is 3.61. The summed E-state index contributed by atoms with van der Waals surface area (Å²) in [5, 5.41) is 10.4. The van der Waals surface area contributed by atoms with Crippen LogP contribution in [0.4, 0.5) is 0 Å². The molecule has 3 heteroatoms. The smallest absolute Gasteiger partial charge is 0.0686 e. The van der Waals surface area contributed by atoms with Crippen molar-refractivity contribution in [2.45, 2.75) is 69.2 Å². The minimum absolute atomic E-state index is 0.153. The van der Waals surface area contributed by atoms with Gasteiger partial charge in [0.1, 0.15) is 0 Å². The molecule has 1 N–H and O–H groups in total. The molecule has 2 aliphatic heterocycles. The minimum Gasteiger partial charge on any atom is -0.393 e. The van der Waals surface area contributed by atoms with Gasteiger partial charge in [0, 0.05) is 13.2 Å². The molecule has 0 aromatic carbocycles. The highest BCUT2D eigenvalue weighted by Gasteiger charge is 2.44. The first-order chi connectivity index (χ1) is 8.27. The molecular formula is C14H24O3. The summed E-state index contributed by atoms with van der Waals surface area (Å²) < 4.78 is 11.5. The first-order valence-electron chi connectivity index (χ1n) is 7.21. The van der Waals surface area contributed by atoms with Gasteiger partial charge in [0.25, 0.3) is 0 Å². The molecule has 0 radical (unpaired) electrons. The lowest BCUT2D eigenvalue weighted by molar-refractivity contribution is -0.159. The van der Waals surface area contributed by atoms with E-state index in [4.69, 9.17) is 9.47 Å². The molecule has 1 aliphatic carbocycles. The molecule has 2 saturated heterocycles. The largest absolute Gasteiger partial charge is 0.393 e. The van der Waals surface area contributed by atoms with Gasteiger partial charge in [0.2, 0.25) is 0 Å². The van der Waals surface area contributed by atoms with Crippen LogP contribution in [-0.4, -0.2) is 36.1 Å². The number of hydrogen-bond acceptors (Lipinski definition) is 3. The van der Waals surface area contributed by atoms with Gasteiger partial charge in [0.05, 0.1) is 17.8 Å². The molecule has 98 valence electrons. The molecule has 1 spiro atoms. The Hall–Kier alpha value is -0.120. The third-order valence-electron chi connectivity index (χ3n) is 4.87. The second-order valence-corrected chi connectivity index (χ2v) is 6.08. The highest BCUT2D eigenvalue weighted by atomic mass is 16.5. The summed E-state index contributed by atoms with van der Waals surface area (Å²) >= 11 is 0. The van der Waals surface area contributed by atoms with E-state index in [0.29, 0.717) is 12.0 Å². The van der Waals surface area contributed by atoms with E-state index in [-0.39, 0.29) is 11.7 Å². The van der Waals surface area contributed by atoms with Gasteiger partial charge in [-0.05, 0) is 57.3 Å². The minimum atomic E-state index is -0.181. The zero-order chi connectivity index (χ0) is 11.7. The standard InChI is InChI=1S/C14H24O3/c15-13(9-12-3-1-7-16-12)11-4-8-17-14(10-11)5-2-6-14/h11-13,15H,1-10H2. The van der Waals surface area contributed by atoms with Gasteiger partial charge >= 0.3 is 0 Å². The molecule has 3 nitrogen and oxygen atoms in total. The van der Waals surface area contributed by atoms with Gasteiger partial charge < -0.3 is 14.6 Å². The van der Waals surface area contributed by atoms with Crippen molar-refractivity contribution in [1.82, 2.24) is 0 Å². The maximum atomic E-state index is 10.4. The Bertz CT molecular complexity index is 256. The van der Waals surface area contributed by atoms with E-state index >= 15 is 0 Å². The van der Waals surface area contributed by atoms with Crippen LogP contribution in [0.25, 0.3) is 0 Å². The summed E-state index contributed by atoms with van der Waals surface area (Å²) in [5.41, 5.74) is 0.153. The summed E-state index contributed by atoms with van der Waals surface area (Å²) in [6.45, 7) is 1.72. The lowest BCUT2D eigenvalue weighted by Gasteiger charge is -2.48. The predicted molar refractivity (Wildman–Crippen MR) is 64.9 cm³/mol. The molecular weight excluding hydrogens is 216 g/mol. The summed E-state index contributed by atoms with van der Waals surface area (Å²) in [4.78, 5) is 0. The average Bonchev–Trinajstić information content (AvgIpc) is 2.80. The van der Waals surface area contributed by atoms with Crippen LogP contribution in [0.2, 0.25) is 0 Å². The Balaban J connectivity index is 1.52. The van der Waals surface area contributed by atoms with Crippen LogP contribution in [0.1, 0.15) is 51.4 Å². The van der Waals surface area contributed by atoms with E-state index in [1.54, 1.807) is 0 Å². The van der Waals surface area contributed by atoms with Crippen LogP contribution >= 0.6 is 0 Å². The van der Waals surface area contributed by atoms with Gasteiger partial charge in [-0.3, -0.25) is 0 Å². The normalized spacial score (nSPS) is 37.9. The summed E-state index contributed by atoms with van der Waals surface area (Å²) in [5.74, 6) is 0.438. The molecule has 17 heavy (non-hydrogen) atoms. The van der Waals surface area contributed by atoms with Crippen molar-refractivity contribution in [3.8, 4) is 0 Å². The van der Waals surface area contributed by atoms with Gasteiger partial charge in [0.15, 0.2) is 0 Å². The third-order valence-corrected chi connectivity index (χ3v) is 4.87. The molecule has 3 aliphatic rings. The predicted octanol–water partition coefficient (Wildman–Crippen LogP) is 2.27. The fourth-order valence-electron chi connectivity index (χ4n) is 3.61. The van der Waals surface area contributed by atoms with Crippen molar-refractivity contribution in [1.29, 1.82) is 0 Å². The molecule has 3 rings (SSSR count). The van der Waals surface area contributed by atoms with Crippen molar-refractivity contribution in [3.05, 3.63) is 0 Å². The van der Waals surface area contributed by atoms with Crippen LogP contribution in [0, 0.1) is 5.92 Å². The second kappa shape index (κ2) is 4.87. The number of rotatable bonds is 3. The highest BCUT2D eigenvalue weighted by molar-refractivity contribution is 4.95. The molecule has 3 atom stereocenters. The van der Waals surface area contributed by atoms with Crippen LogP contribution in [-0.2, 0) is 9.47 Å². The zero-order valence-corrected chi connectivity index (χ0v) is 10.6. The van der Waals surface area contributed by atoms with Crippen LogP contribution in [0.3, 0.4) is 0 Å². The molecule has 0 amide bonds. The van der Waals surface area contributed by atoms with Gasteiger partial charge in [-0.2, -0.15) is 0 Å². The van der Waals surface area contributed by atoms with Crippen molar-refractivity contribution in [2.24, 2.45) is 5.92 Å². The van der Waals surface area contributed by atoms with Gasteiger partial charge in [-0.1, -0.05) is 0 Å². The quantitative estimate of drug-likeness (QED) is 0.822. The maximum absolute atomic E-state index is 10.4. The number of aliphatic hydroxyl groups is 1. The Morgan fingerprint density at radius 1 is 1.18 bits per heavy atom. The SMILES string of the molecule is OC(CC1CCCO1)C1CCOC2(CCC2)C1. The second-order valence-electron chi connectivity index (χ2n) is 6.08. The van der Waals surface area contributed by atoms with E-state index in [1.165, 1.54) is 19.3 Å². The first kappa shape index (κ1) is 11.9. The lowest BCUT2D eigenvalue weighted by Crippen LogP contribution is -2.48. The fraction of sp³-hybridized carbons (Fsp3) is 1.00. The van der Waals surface area contributed by atoms with E-state index in [9.17, 15) is 5.11 Å². The summed E-state index contributed by atoms with van der Waals surface area (Å²) in [7, 11) is 0. The molecule has 2 heterocycles. The molecule has 1 saturated carbocycles. The van der Waals surface area contributed by atoms with Crippen molar-refractivity contribution < 1.29 is 14.6 Å². The lowest BCUT2D eigenvalue weighted by atomic mass is 9.70. The van der Waals surface area contributed by atoms with Crippen molar-refractivity contribution in [3.63, 3.8) is 0 Å². The van der Waals surface area contributed by atoms with Crippen molar-refractivity contribution in [2.75, 3.05) is 13.2 Å². The van der Waals surface area contributed by atoms with E-state index in [1.807, 2.05) is 0 Å². The monoisotopic (exact) mass is 240 g/mol. The highest BCUT2D eigenvalue weighted by Crippen LogP contribution is 2.45. The Morgan fingerprint density at radius 2 is 2.06 bits per heavy atom. The number of ether oxygens (including phenoxy) is 2. The summed E-state index contributed by atoms with van der Waals surface area (Å²) in [6.07, 6.45) is 9.06. The average molecular weight is 240 g/mol. The maximum Gasteiger partial charge on any atom is 0.0686 e. The molecule has 3 fully saturated rings. The Morgan fingerprint density at radius 3 is 2.71 bits per heavy atom. The summed E-state index contributed by atoms with van der Waals surface area (Å²) in [6, 6.07) is 0. The van der Waals surface area contributed by atoms with Crippen LogP contribution in [0.15, 0.2) is 0 Å². The van der Waals surface area contributed by atoms with Crippen molar-refractivity contribution >= 4 is 0 Å².